The highest BCUT2D eigenvalue weighted by molar-refractivity contribution is 5.83. The number of pyridine rings is 1. The predicted molar refractivity (Wildman–Crippen MR) is 161 cm³/mol. The van der Waals surface area contributed by atoms with Crippen molar-refractivity contribution in [3.63, 3.8) is 0 Å². The van der Waals surface area contributed by atoms with E-state index < -0.39 is 6.04 Å². The predicted octanol–water partition coefficient (Wildman–Crippen LogP) is 4.29. The van der Waals surface area contributed by atoms with Gasteiger partial charge in [-0.25, -0.2) is 4.68 Å². The monoisotopic (exact) mass is 549 g/mol. The van der Waals surface area contributed by atoms with Gasteiger partial charge in [-0.2, -0.15) is 0 Å². The van der Waals surface area contributed by atoms with Gasteiger partial charge in [-0.3, -0.25) is 9.69 Å². The second kappa shape index (κ2) is 11.5. The number of para-hydroxylation sites is 2. The molecule has 210 valence electrons. The number of hydrogen-bond acceptors (Lipinski definition) is 7. The van der Waals surface area contributed by atoms with E-state index in [4.69, 9.17) is 4.74 Å². The minimum absolute atomic E-state index is 0.112. The normalized spacial score (nSPS) is 14.9. The van der Waals surface area contributed by atoms with Crippen LogP contribution >= 0.6 is 0 Å². The molecule has 1 aliphatic heterocycles. The Morgan fingerprint density at radius 2 is 1.71 bits per heavy atom. The average molecular weight is 550 g/mol. The molecule has 9 heteroatoms. The molecule has 5 aromatic rings. The van der Waals surface area contributed by atoms with Gasteiger partial charge >= 0.3 is 0 Å². The number of methoxy groups -OCH3 is 1. The quantitative estimate of drug-likeness (QED) is 0.309. The largest absolute Gasteiger partial charge is 0.495 e. The van der Waals surface area contributed by atoms with Crippen molar-refractivity contribution in [1.82, 2.24) is 30.1 Å². The molecular weight excluding hydrogens is 514 g/mol. The lowest BCUT2D eigenvalue weighted by Gasteiger charge is -2.40. The number of ether oxygens (including phenoxy) is 1. The first-order valence-corrected chi connectivity index (χ1v) is 14.1. The Hall–Kier alpha value is -4.50. The fourth-order valence-corrected chi connectivity index (χ4v) is 5.96. The van der Waals surface area contributed by atoms with Gasteiger partial charge in [-0.15, -0.1) is 5.10 Å². The van der Waals surface area contributed by atoms with Crippen molar-refractivity contribution in [2.24, 2.45) is 0 Å². The highest BCUT2D eigenvalue weighted by Gasteiger charge is 2.33. The van der Waals surface area contributed by atoms with Crippen molar-refractivity contribution in [2.75, 3.05) is 38.2 Å². The molecule has 0 radical (unpaired) electrons. The van der Waals surface area contributed by atoms with E-state index in [1.54, 1.807) is 7.11 Å². The third-order valence-corrected chi connectivity index (χ3v) is 7.98. The van der Waals surface area contributed by atoms with Crippen LogP contribution < -0.4 is 15.2 Å². The average Bonchev–Trinajstić information content (AvgIpc) is 3.46. The maximum absolute atomic E-state index is 13.7. The number of nitrogens with one attached hydrogen (secondary N) is 1. The van der Waals surface area contributed by atoms with Crippen molar-refractivity contribution in [2.45, 2.75) is 32.9 Å². The van der Waals surface area contributed by atoms with Crippen molar-refractivity contribution in [3.8, 4) is 5.75 Å². The van der Waals surface area contributed by atoms with Crippen LogP contribution in [0.3, 0.4) is 0 Å². The maximum atomic E-state index is 13.7. The third kappa shape index (κ3) is 5.45. The van der Waals surface area contributed by atoms with E-state index in [0.717, 1.165) is 66.1 Å². The van der Waals surface area contributed by atoms with Gasteiger partial charge in [0.05, 0.1) is 18.3 Å². The van der Waals surface area contributed by atoms with Crippen LogP contribution in [0.15, 0.2) is 77.6 Å². The number of H-pyrrole nitrogens is 1. The van der Waals surface area contributed by atoms with Gasteiger partial charge in [-0.05, 0) is 71.5 Å². The summed E-state index contributed by atoms with van der Waals surface area (Å²) in [5.74, 6) is 1.54. The molecule has 0 amide bonds. The lowest BCUT2D eigenvalue weighted by Crippen LogP contribution is -2.49. The third-order valence-electron chi connectivity index (χ3n) is 7.98. The number of benzene rings is 3. The molecule has 0 aliphatic carbocycles. The number of aromatic nitrogens is 5. The summed E-state index contributed by atoms with van der Waals surface area (Å²) < 4.78 is 7.48. The van der Waals surface area contributed by atoms with Crippen LogP contribution in [0.25, 0.3) is 10.9 Å². The van der Waals surface area contributed by atoms with Crippen molar-refractivity contribution < 1.29 is 4.74 Å². The molecule has 3 aromatic carbocycles. The van der Waals surface area contributed by atoms with Crippen LogP contribution in [-0.4, -0.2) is 63.4 Å². The van der Waals surface area contributed by atoms with Crippen LogP contribution in [0.1, 0.15) is 34.1 Å². The fourth-order valence-electron chi connectivity index (χ4n) is 5.96. The van der Waals surface area contributed by atoms with E-state index in [2.05, 4.69) is 67.6 Å². The summed E-state index contributed by atoms with van der Waals surface area (Å²) in [6.07, 6.45) is 0.791. The number of rotatable bonds is 8. The van der Waals surface area contributed by atoms with Crippen LogP contribution in [0.2, 0.25) is 0 Å². The molecule has 41 heavy (non-hydrogen) atoms. The zero-order chi connectivity index (χ0) is 28.3. The van der Waals surface area contributed by atoms with Gasteiger partial charge < -0.3 is 14.6 Å². The highest BCUT2D eigenvalue weighted by atomic mass is 16.5. The van der Waals surface area contributed by atoms with Crippen LogP contribution in [0.4, 0.5) is 5.69 Å². The molecule has 6 rings (SSSR count). The van der Waals surface area contributed by atoms with Gasteiger partial charge in [0.25, 0.3) is 5.56 Å². The number of fused-ring (bicyclic) bond motifs is 1. The number of nitrogens with zero attached hydrogens (tertiary/aromatic N) is 6. The number of hydrogen-bond donors (Lipinski definition) is 1. The molecule has 3 heterocycles. The summed E-state index contributed by atoms with van der Waals surface area (Å²) in [6.45, 7) is 7.77. The fraction of sp³-hybridized carbons (Fsp3) is 0.312. The Bertz CT molecular complexity index is 1700. The zero-order valence-electron chi connectivity index (χ0n) is 23.7. The Kier molecular flexibility index (Phi) is 7.52. The smallest absolute Gasteiger partial charge is 0.253 e. The van der Waals surface area contributed by atoms with E-state index in [-0.39, 0.29) is 5.56 Å². The Morgan fingerprint density at radius 1 is 0.951 bits per heavy atom. The van der Waals surface area contributed by atoms with E-state index in [9.17, 15) is 4.79 Å². The SMILES string of the molecule is COc1ccccc1N1CCN(C(c2cc3cc(C)cc(C)c3[nH]c2=O)c2nnnn2CCc2ccccc2)CC1. The highest BCUT2D eigenvalue weighted by Crippen LogP contribution is 2.32. The minimum atomic E-state index is -0.394. The van der Waals surface area contributed by atoms with Gasteiger partial charge in [0.1, 0.15) is 11.8 Å². The molecule has 1 N–H and O–H groups in total. The second-order valence-electron chi connectivity index (χ2n) is 10.7. The van der Waals surface area contributed by atoms with Gasteiger partial charge in [0.2, 0.25) is 0 Å². The second-order valence-corrected chi connectivity index (χ2v) is 10.7. The topological polar surface area (TPSA) is 92.2 Å². The van der Waals surface area contributed by atoms with Crippen LogP contribution in [0.5, 0.6) is 5.75 Å². The van der Waals surface area contributed by atoms with Gasteiger partial charge in [-0.1, -0.05) is 54.1 Å². The van der Waals surface area contributed by atoms with Gasteiger partial charge in [0, 0.05) is 38.3 Å². The van der Waals surface area contributed by atoms with E-state index in [0.29, 0.717) is 17.9 Å². The molecule has 1 saturated heterocycles. The van der Waals surface area contributed by atoms with E-state index >= 15 is 0 Å². The Morgan fingerprint density at radius 3 is 2.49 bits per heavy atom. The standard InChI is InChI=1S/C32H35N7O2/c1-22-19-23(2)29-25(20-22)21-26(32(40)33-29)30(31-34-35-36-39(31)14-13-24-9-5-4-6-10-24)38-17-15-37(16-18-38)27-11-7-8-12-28(27)41-3/h4-12,19-21,30H,13-18H2,1-3H3,(H,33,40). The summed E-state index contributed by atoms with van der Waals surface area (Å²) >= 11 is 0. The summed E-state index contributed by atoms with van der Waals surface area (Å²) in [5, 5.41) is 14.0. The minimum Gasteiger partial charge on any atom is -0.495 e. The first-order valence-electron chi connectivity index (χ1n) is 14.1. The summed E-state index contributed by atoms with van der Waals surface area (Å²) in [5.41, 5.74) is 5.91. The molecule has 0 saturated carbocycles. The number of tetrazole rings is 1. The summed E-state index contributed by atoms with van der Waals surface area (Å²) in [4.78, 5) is 21.6. The summed E-state index contributed by atoms with van der Waals surface area (Å²) in [7, 11) is 1.70. The molecule has 1 fully saturated rings. The lowest BCUT2D eigenvalue weighted by atomic mass is 10.00. The molecule has 0 spiro atoms. The number of anilines is 1. The van der Waals surface area contributed by atoms with E-state index in [1.165, 1.54) is 5.56 Å². The molecule has 1 aliphatic rings. The molecule has 0 bridgehead atoms. The number of aryl methyl sites for hydroxylation is 4. The Labute approximate surface area is 239 Å². The first kappa shape index (κ1) is 26.7. The molecule has 1 atom stereocenters. The Balaban J connectivity index is 1.37. The maximum Gasteiger partial charge on any atom is 0.253 e. The van der Waals surface area contributed by atoms with Crippen molar-refractivity contribution >= 4 is 16.6 Å². The summed E-state index contributed by atoms with van der Waals surface area (Å²) in [6, 6.07) is 24.3. The molecule has 9 nitrogen and oxygen atoms in total. The van der Waals surface area contributed by atoms with Gasteiger partial charge in [0.15, 0.2) is 5.82 Å². The number of piperazine rings is 1. The molecule has 1 unspecified atom stereocenters. The first-order chi connectivity index (χ1) is 20.0. The van der Waals surface area contributed by atoms with Crippen molar-refractivity contribution in [3.05, 3.63) is 111 Å². The lowest BCUT2D eigenvalue weighted by molar-refractivity contribution is 0.199. The van der Waals surface area contributed by atoms with Crippen LogP contribution in [0, 0.1) is 13.8 Å². The molecule has 2 aromatic heterocycles. The van der Waals surface area contributed by atoms with E-state index in [1.807, 2.05) is 54.1 Å². The van der Waals surface area contributed by atoms with Crippen LogP contribution in [-0.2, 0) is 13.0 Å². The number of aromatic amines is 1. The zero-order valence-corrected chi connectivity index (χ0v) is 23.7. The molecular formula is C32H35N7O2. The van der Waals surface area contributed by atoms with Crippen molar-refractivity contribution in [1.29, 1.82) is 0 Å².